The van der Waals surface area contributed by atoms with Gasteiger partial charge >= 0.3 is 0 Å². The lowest BCUT2D eigenvalue weighted by Gasteiger charge is -2.18. The number of thiazole rings is 1. The van der Waals surface area contributed by atoms with Gasteiger partial charge in [0.2, 0.25) is 0 Å². The number of likely N-dealkylation sites (N-methyl/N-ethyl adjacent to an activating group) is 2. The summed E-state index contributed by atoms with van der Waals surface area (Å²) >= 11 is 1.64. The van der Waals surface area contributed by atoms with E-state index in [4.69, 9.17) is 4.98 Å². The first-order valence-corrected chi connectivity index (χ1v) is 11.5. The summed E-state index contributed by atoms with van der Waals surface area (Å²) in [5.74, 6) is -0.118. The van der Waals surface area contributed by atoms with Crippen molar-refractivity contribution in [1.82, 2.24) is 9.88 Å². The Labute approximate surface area is 193 Å². The number of hydrogen-bond donors (Lipinski definition) is 1. The van der Waals surface area contributed by atoms with Crippen molar-refractivity contribution in [2.45, 2.75) is 6.92 Å². The lowest BCUT2D eigenvalue weighted by atomic mass is 10.0. The van der Waals surface area contributed by atoms with Crippen LogP contribution in [0.15, 0.2) is 66.7 Å². The molecule has 0 spiro atoms. The maximum absolute atomic E-state index is 12.8. The van der Waals surface area contributed by atoms with Crippen molar-refractivity contribution in [2.24, 2.45) is 0 Å². The highest BCUT2D eigenvalue weighted by Crippen LogP contribution is 2.30. The van der Waals surface area contributed by atoms with Crippen LogP contribution in [0.25, 0.3) is 21.3 Å². The second-order valence-electron chi connectivity index (χ2n) is 8.30. The molecule has 0 unspecified atom stereocenters. The number of nitrogens with one attached hydrogen (secondary N) is 1. The van der Waals surface area contributed by atoms with Crippen LogP contribution in [0.2, 0.25) is 0 Å². The van der Waals surface area contributed by atoms with Gasteiger partial charge in [-0.1, -0.05) is 53.3 Å². The van der Waals surface area contributed by atoms with Crippen LogP contribution in [0, 0.1) is 6.92 Å². The van der Waals surface area contributed by atoms with Crippen molar-refractivity contribution in [3.05, 3.63) is 77.9 Å². The summed E-state index contributed by atoms with van der Waals surface area (Å²) in [4.78, 5) is 21.8. The van der Waals surface area contributed by atoms with E-state index in [1.807, 2.05) is 48.5 Å². The minimum atomic E-state index is -0.118. The van der Waals surface area contributed by atoms with Gasteiger partial charge in [0.25, 0.3) is 5.91 Å². The smallest absolute Gasteiger partial charge is 0.255 e. The highest BCUT2D eigenvalue weighted by molar-refractivity contribution is 7.22. The summed E-state index contributed by atoms with van der Waals surface area (Å²) in [6.45, 7) is 3.96. The van der Waals surface area contributed by atoms with Crippen LogP contribution in [0.5, 0.6) is 0 Å². The predicted molar refractivity (Wildman–Crippen MR) is 136 cm³/mol. The van der Waals surface area contributed by atoms with E-state index >= 15 is 0 Å². The molecule has 1 amide bonds. The summed E-state index contributed by atoms with van der Waals surface area (Å²) in [6.07, 6.45) is 0. The van der Waals surface area contributed by atoms with Gasteiger partial charge in [0.05, 0.1) is 10.2 Å². The molecule has 4 rings (SSSR count). The highest BCUT2D eigenvalue weighted by Gasteiger charge is 2.11. The maximum Gasteiger partial charge on any atom is 0.255 e. The third-order valence-corrected chi connectivity index (χ3v) is 6.48. The maximum atomic E-state index is 12.8. The molecular formula is C26H28N4OS. The molecular weight excluding hydrogens is 416 g/mol. The van der Waals surface area contributed by atoms with E-state index < -0.39 is 0 Å². The zero-order valence-electron chi connectivity index (χ0n) is 18.9. The van der Waals surface area contributed by atoms with E-state index in [-0.39, 0.29) is 5.91 Å². The fraction of sp³-hybridized carbons (Fsp3) is 0.231. The zero-order valence-corrected chi connectivity index (χ0v) is 19.7. The van der Waals surface area contributed by atoms with Crippen LogP contribution >= 0.6 is 11.3 Å². The number of rotatable bonds is 7. The van der Waals surface area contributed by atoms with Crippen molar-refractivity contribution in [3.8, 4) is 11.1 Å². The molecule has 0 atom stereocenters. The average Bonchev–Trinajstić information content (AvgIpc) is 3.21. The van der Waals surface area contributed by atoms with Gasteiger partial charge in [-0.15, -0.1) is 0 Å². The summed E-state index contributed by atoms with van der Waals surface area (Å²) in [5.41, 5.74) is 5.82. The Kier molecular flexibility index (Phi) is 6.53. The Balaban J connectivity index is 1.46. The molecule has 1 heterocycles. The quantitative estimate of drug-likeness (QED) is 0.408. The monoisotopic (exact) mass is 444 g/mol. The van der Waals surface area contributed by atoms with Gasteiger partial charge in [0.15, 0.2) is 5.13 Å². The fourth-order valence-corrected chi connectivity index (χ4v) is 4.43. The first kappa shape index (κ1) is 22.0. The third kappa shape index (κ3) is 5.15. The minimum absolute atomic E-state index is 0.118. The number of aromatic nitrogens is 1. The number of hydrogen-bond acceptors (Lipinski definition) is 5. The molecule has 5 nitrogen and oxygen atoms in total. The van der Waals surface area contributed by atoms with Crippen molar-refractivity contribution in [3.63, 3.8) is 0 Å². The van der Waals surface area contributed by atoms with Gasteiger partial charge in [0, 0.05) is 31.4 Å². The van der Waals surface area contributed by atoms with Gasteiger partial charge in [-0.25, -0.2) is 4.98 Å². The zero-order chi connectivity index (χ0) is 22.7. The van der Waals surface area contributed by atoms with Crippen LogP contribution in [0.3, 0.4) is 0 Å². The third-order valence-electron chi connectivity index (χ3n) is 5.34. The van der Waals surface area contributed by atoms with E-state index in [0.29, 0.717) is 5.56 Å². The summed E-state index contributed by atoms with van der Waals surface area (Å²) in [6, 6.07) is 21.9. The van der Waals surface area contributed by atoms with Crippen LogP contribution in [-0.2, 0) is 0 Å². The van der Waals surface area contributed by atoms with Gasteiger partial charge in [-0.05, 0) is 62.5 Å². The molecule has 0 aliphatic carbocycles. The molecule has 0 radical (unpaired) electrons. The SMILES string of the molecule is Cc1cccc(-c2ccc(C(=O)Nc3ccc4nc(N(C)CCN(C)C)sc4c3)cc2)c1. The Hall–Kier alpha value is -3.22. The molecule has 0 fully saturated rings. The van der Waals surface area contributed by atoms with Gasteiger partial charge in [-0.2, -0.15) is 0 Å². The van der Waals surface area contributed by atoms with Gasteiger partial charge in [0.1, 0.15) is 0 Å². The van der Waals surface area contributed by atoms with Crippen molar-refractivity contribution >= 4 is 38.3 Å². The fourth-order valence-electron chi connectivity index (χ4n) is 3.44. The highest BCUT2D eigenvalue weighted by atomic mass is 32.1. The topological polar surface area (TPSA) is 48.5 Å². The second kappa shape index (κ2) is 9.51. The lowest BCUT2D eigenvalue weighted by molar-refractivity contribution is 0.102. The molecule has 4 aromatic rings. The number of amides is 1. The van der Waals surface area contributed by atoms with Crippen LogP contribution in [0.1, 0.15) is 15.9 Å². The normalized spacial score (nSPS) is 11.2. The number of nitrogens with zero attached hydrogens (tertiary/aromatic N) is 3. The molecule has 0 saturated carbocycles. The minimum Gasteiger partial charge on any atom is -0.350 e. The molecule has 0 bridgehead atoms. The van der Waals surface area contributed by atoms with Crippen LogP contribution < -0.4 is 10.2 Å². The van der Waals surface area contributed by atoms with E-state index in [0.717, 1.165) is 45.3 Å². The second-order valence-corrected chi connectivity index (χ2v) is 9.31. The average molecular weight is 445 g/mol. The Morgan fingerprint density at radius 1 is 0.938 bits per heavy atom. The standard InChI is InChI=1S/C26H28N4OS/c1-18-6-5-7-21(16-18)19-8-10-20(11-9-19)25(31)27-22-12-13-23-24(17-22)32-26(28-23)30(4)15-14-29(2)3/h5-13,16-17H,14-15H2,1-4H3,(H,27,31). The van der Waals surface area contributed by atoms with Crippen LogP contribution in [-0.4, -0.2) is 50.0 Å². The van der Waals surface area contributed by atoms with E-state index in [2.05, 4.69) is 61.4 Å². The molecule has 0 aliphatic rings. The number of fused-ring (bicyclic) bond motifs is 1. The van der Waals surface area contributed by atoms with Crippen molar-refractivity contribution in [1.29, 1.82) is 0 Å². The molecule has 3 aromatic carbocycles. The van der Waals surface area contributed by atoms with E-state index in [1.54, 1.807) is 11.3 Å². The Morgan fingerprint density at radius 2 is 1.72 bits per heavy atom. The molecule has 0 aliphatic heterocycles. The van der Waals surface area contributed by atoms with Gasteiger partial charge in [-0.3, -0.25) is 4.79 Å². The summed E-state index contributed by atoms with van der Waals surface area (Å²) in [5, 5.41) is 4.00. The molecule has 1 aromatic heterocycles. The Bertz CT molecular complexity index is 1230. The largest absolute Gasteiger partial charge is 0.350 e. The summed E-state index contributed by atoms with van der Waals surface area (Å²) in [7, 11) is 6.19. The number of carbonyl (C=O) groups excluding carboxylic acids is 1. The number of anilines is 2. The first-order chi connectivity index (χ1) is 15.4. The van der Waals surface area contributed by atoms with Crippen molar-refractivity contribution < 1.29 is 4.79 Å². The van der Waals surface area contributed by atoms with E-state index in [9.17, 15) is 4.79 Å². The Morgan fingerprint density at radius 3 is 2.44 bits per heavy atom. The van der Waals surface area contributed by atoms with Crippen LogP contribution in [0.4, 0.5) is 10.8 Å². The molecule has 6 heteroatoms. The number of carbonyl (C=O) groups is 1. The molecule has 1 N–H and O–H groups in total. The van der Waals surface area contributed by atoms with Gasteiger partial charge < -0.3 is 15.1 Å². The number of aryl methyl sites for hydroxylation is 1. The molecule has 32 heavy (non-hydrogen) atoms. The number of benzene rings is 3. The first-order valence-electron chi connectivity index (χ1n) is 10.6. The van der Waals surface area contributed by atoms with E-state index in [1.165, 1.54) is 5.56 Å². The molecule has 164 valence electrons. The lowest BCUT2D eigenvalue weighted by Crippen LogP contribution is -2.28. The predicted octanol–water partition coefficient (Wildman–Crippen LogP) is 5.52. The summed E-state index contributed by atoms with van der Waals surface area (Å²) < 4.78 is 1.06. The van der Waals surface area contributed by atoms with Crippen molar-refractivity contribution in [2.75, 3.05) is 44.4 Å². The molecule has 0 saturated heterocycles.